The van der Waals surface area contributed by atoms with Crippen molar-refractivity contribution >= 4 is 16.9 Å². The molecule has 0 saturated heterocycles. The molecular weight excluding hydrogens is 633 g/mol. The van der Waals surface area contributed by atoms with Crippen LogP contribution in [-0.2, 0) is 17.3 Å². The fourth-order valence-electron chi connectivity index (χ4n) is 5.64. The number of nitrogens with two attached hydrogens (primary N) is 2. The van der Waals surface area contributed by atoms with Crippen molar-refractivity contribution < 1.29 is 26.7 Å². The number of hydrogen-bond donors (Lipinski definition) is 4. The van der Waals surface area contributed by atoms with Crippen molar-refractivity contribution in [2.75, 3.05) is 26.8 Å². The van der Waals surface area contributed by atoms with E-state index in [2.05, 4.69) is 20.3 Å². The highest BCUT2D eigenvalue weighted by Gasteiger charge is 2.36. The minimum absolute atomic E-state index is 0.0120. The van der Waals surface area contributed by atoms with Gasteiger partial charge in [-0.2, -0.15) is 18.2 Å². The zero-order valence-corrected chi connectivity index (χ0v) is 27.3. The fourth-order valence-corrected chi connectivity index (χ4v) is 5.64. The Hall–Kier alpha value is -4.14. The Balaban J connectivity index is 1.63. The van der Waals surface area contributed by atoms with E-state index < -0.39 is 29.1 Å². The molecule has 0 saturated carbocycles. The second-order valence-corrected chi connectivity index (χ2v) is 11.9. The lowest BCUT2D eigenvalue weighted by Gasteiger charge is -2.20. The van der Waals surface area contributed by atoms with Crippen LogP contribution in [0.4, 0.5) is 22.0 Å². The molecule has 0 fully saturated rings. The van der Waals surface area contributed by atoms with Gasteiger partial charge in [-0.25, -0.2) is 13.6 Å². The van der Waals surface area contributed by atoms with Crippen LogP contribution in [-0.4, -0.2) is 53.2 Å². The molecule has 0 aliphatic heterocycles. The average molecular weight is 676 g/mol. The lowest BCUT2D eigenvalue weighted by Crippen LogP contribution is -2.25. The number of aryl methyl sites for hydroxylation is 1. The van der Waals surface area contributed by atoms with E-state index in [1.165, 1.54) is 31.5 Å². The van der Waals surface area contributed by atoms with E-state index >= 15 is 8.78 Å². The highest BCUT2D eigenvalue weighted by molar-refractivity contribution is 5.83. The standard InChI is InChI=1S/C34H42F5N7O2/c1-4-7-29(43-13-6-12-42-20(2)40)25-11-10-24(17-28(25)35)46-18-22-16-30(44-32(22)45-33(46)47)26-14-21(8-5-9-23(41)19-48-3)15-27(31(26)36)34(37,38)39/h10-11,14-18,23,29,43H,4-9,12-13,19,41H2,1-3H3,(H2,40,42)(H,44,45,47). The van der Waals surface area contributed by atoms with E-state index in [0.717, 1.165) is 23.5 Å². The first-order valence-corrected chi connectivity index (χ1v) is 15.9. The minimum atomic E-state index is -4.93. The smallest absolute Gasteiger partial charge is 0.388 e. The molecule has 0 spiro atoms. The average Bonchev–Trinajstić information content (AvgIpc) is 3.42. The largest absolute Gasteiger partial charge is 0.419 e. The number of H-pyrrole nitrogens is 1. The number of aromatic amines is 1. The number of benzene rings is 2. The molecule has 2 heterocycles. The summed E-state index contributed by atoms with van der Waals surface area (Å²) in [5.41, 5.74) is 10.1. The van der Waals surface area contributed by atoms with Crippen LogP contribution in [0.15, 0.2) is 52.4 Å². The third-order valence-corrected chi connectivity index (χ3v) is 7.96. The number of hydrogen-bond acceptors (Lipinski definition) is 6. The summed E-state index contributed by atoms with van der Waals surface area (Å²) in [6, 6.07) is 7.49. The summed E-state index contributed by atoms with van der Waals surface area (Å²) in [4.78, 5) is 24.0. The molecule has 6 N–H and O–H groups in total. The third-order valence-electron chi connectivity index (χ3n) is 7.96. The number of methoxy groups -OCH3 is 1. The summed E-state index contributed by atoms with van der Waals surface area (Å²) in [6.45, 7) is 5.19. The van der Waals surface area contributed by atoms with Gasteiger partial charge < -0.3 is 26.5 Å². The number of aromatic nitrogens is 3. The van der Waals surface area contributed by atoms with Crippen LogP contribution in [0.2, 0.25) is 0 Å². The van der Waals surface area contributed by atoms with Gasteiger partial charge in [0, 0.05) is 48.4 Å². The highest BCUT2D eigenvalue weighted by Crippen LogP contribution is 2.37. The summed E-state index contributed by atoms with van der Waals surface area (Å²) in [5.74, 6) is -1.46. The van der Waals surface area contributed by atoms with Crippen molar-refractivity contribution in [1.82, 2.24) is 19.9 Å². The second kappa shape index (κ2) is 16.3. The second-order valence-electron chi connectivity index (χ2n) is 11.9. The Morgan fingerprint density at radius 3 is 2.58 bits per heavy atom. The molecule has 0 aliphatic rings. The summed E-state index contributed by atoms with van der Waals surface area (Å²) in [5, 5.41) is 3.68. The minimum Gasteiger partial charge on any atom is -0.388 e. The van der Waals surface area contributed by atoms with Crippen molar-refractivity contribution in [3.8, 4) is 16.9 Å². The van der Waals surface area contributed by atoms with Gasteiger partial charge >= 0.3 is 11.9 Å². The molecule has 9 nitrogen and oxygen atoms in total. The van der Waals surface area contributed by atoms with Crippen LogP contribution in [0.3, 0.4) is 0 Å². The predicted octanol–water partition coefficient (Wildman–Crippen LogP) is 6.17. The highest BCUT2D eigenvalue weighted by atomic mass is 19.4. The number of nitrogens with zero attached hydrogens (tertiary/aromatic N) is 3. The van der Waals surface area contributed by atoms with Gasteiger partial charge in [-0.05, 0) is 81.5 Å². The number of ether oxygens (including phenoxy) is 1. The van der Waals surface area contributed by atoms with Gasteiger partial charge in [0.2, 0.25) is 0 Å². The SMILES string of the molecule is CCCC(NCCCN=C(C)N)c1ccc(-n2cc3cc(-c4cc(CCCC(N)COC)cc(C(F)(F)F)c4F)[nH]c3nc2=O)cc1F. The Bertz CT molecular complexity index is 1780. The van der Waals surface area contributed by atoms with E-state index in [-0.39, 0.29) is 46.7 Å². The maximum atomic E-state index is 15.5. The van der Waals surface area contributed by atoms with Gasteiger partial charge in [0.25, 0.3) is 0 Å². The summed E-state index contributed by atoms with van der Waals surface area (Å²) < 4.78 is 78.6. The summed E-state index contributed by atoms with van der Waals surface area (Å²) in [6.07, 6.45) is -0.114. The van der Waals surface area contributed by atoms with Crippen LogP contribution < -0.4 is 22.5 Å². The van der Waals surface area contributed by atoms with E-state index in [0.29, 0.717) is 55.7 Å². The molecule has 0 bridgehead atoms. The van der Waals surface area contributed by atoms with Crippen LogP contribution in [0.5, 0.6) is 0 Å². The van der Waals surface area contributed by atoms with Crippen LogP contribution in [0.1, 0.15) is 68.7 Å². The summed E-state index contributed by atoms with van der Waals surface area (Å²) in [7, 11) is 1.51. The van der Waals surface area contributed by atoms with Crippen molar-refractivity contribution in [2.24, 2.45) is 16.5 Å². The molecule has 48 heavy (non-hydrogen) atoms. The number of alkyl halides is 3. The Kier molecular flexibility index (Phi) is 12.5. The van der Waals surface area contributed by atoms with E-state index in [1.807, 2.05) is 6.92 Å². The topological polar surface area (TPSA) is 136 Å². The van der Waals surface area contributed by atoms with Gasteiger partial charge in [0.1, 0.15) is 17.3 Å². The molecular formula is C34H42F5N7O2. The van der Waals surface area contributed by atoms with Gasteiger partial charge in [-0.15, -0.1) is 0 Å². The molecule has 0 radical (unpaired) electrons. The molecule has 14 heteroatoms. The molecule has 2 aromatic heterocycles. The molecule has 0 aliphatic carbocycles. The van der Waals surface area contributed by atoms with Crippen LogP contribution >= 0.6 is 0 Å². The van der Waals surface area contributed by atoms with E-state index in [9.17, 15) is 18.0 Å². The summed E-state index contributed by atoms with van der Waals surface area (Å²) >= 11 is 0. The van der Waals surface area contributed by atoms with Crippen LogP contribution in [0.25, 0.3) is 28.0 Å². The number of rotatable bonds is 16. The number of amidine groups is 1. The van der Waals surface area contributed by atoms with Crippen LogP contribution in [0, 0.1) is 11.6 Å². The lowest BCUT2D eigenvalue weighted by atomic mass is 9.98. The fraction of sp³-hybridized carbons (Fsp3) is 0.441. The molecule has 4 aromatic rings. The van der Waals surface area contributed by atoms with E-state index in [4.69, 9.17) is 16.2 Å². The molecule has 2 unspecified atom stereocenters. The number of nitrogens with one attached hydrogen (secondary N) is 2. The van der Waals surface area contributed by atoms with Gasteiger partial charge in [0.05, 0.1) is 29.4 Å². The Morgan fingerprint density at radius 1 is 1.15 bits per heavy atom. The first-order chi connectivity index (χ1) is 22.8. The van der Waals surface area contributed by atoms with Crippen molar-refractivity contribution in [3.05, 3.63) is 81.4 Å². The normalized spacial score (nSPS) is 13.7. The van der Waals surface area contributed by atoms with Crippen molar-refractivity contribution in [1.29, 1.82) is 0 Å². The van der Waals surface area contributed by atoms with Gasteiger partial charge in [-0.3, -0.25) is 9.56 Å². The predicted molar refractivity (Wildman–Crippen MR) is 177 cm³/mol. The van der Waals surface area contributed by atoms with Crippen molar-refractivity contribution in [2.45, 2.75) is 70.6 Å². The van der Waals surface area contributed by atoms with E-state index in [1.54, 1.807) is 19.1 Å². The molecule has 4 rings (SSSR count). The zero-order valence-electron chi connectivity index (χ0n) is 27.3. The maximum absolute atomic E-state index is 15.5. The lowest BCUT2D eigenvalue weighted by molar-refractivity contribution is -0.140. The quantitative estimate of drug-likeness (QED) is 0.0486. The monoisotopic (exact) mass is 675 g/mol. The molecule has 2 aromatic carbocycles. The van der Waals surface area contributed by atoms with Gasteiger partial charge in [-0.1, -0.05) is 19.4 Å². The van der Waals surface area contributed by atoms with Crippen molar-refractivity contribution in [3.63, 3.8) is 0 Å². The number of fused-ring (bicyclic) bond motifs is 1. The Morgan fingerprint density at radius 2 is 1.92 bits per heavy atom. The molecule has 2 atom stereocenters. The first-order valence-electron chi connectivity index (χ1n) is 15.9. The Labute approximate surface area is 275 Å². The zero-order chi connectivity index (χ0) is 35.0. The molecule has 260 valence electrons. The number of aliphatic imine (C=N–C) groups is 1. The van der Waals surface area contributed by atoms with Gasteiger partial charge in [0.15, 0.2) is 0 Å². The first kappa shape index (κ1) is 36.7. The molecule has 0 amide bonds. The maximum Gasteiger partial charge on any atom is 0.419 e. The number of halogens is 5. The third kappa shape index (κ3) is 9.26.